The molecule has 106 valence electrons. The van der Waals surface area contributed by atoms with Gasteiger partial charge in [-0.1, -0.05) is 39.8 Å². The van der Waals surface area contributed by atoms with Gasteiger partial charge < -0.3 is 11.1 Å². The summed E-state index contributed by atoms with van der Waals surface area (Å²) in [6.45, 7) is 10.9. The summed E-state index contributed by atoms with van der Waals surface area (Å²) in [7, 11) is 0. The molecule has 1 aromatic rings. The van der Waals surface area contributed by atoms with Crippen LogP contribution in [0.5, 0.6) is 0 Å². The Balaban J connectivity index is 2.85. The first-order valence-corrected chi connectivity index (χ1v) is 6.85. The van der Waals surface area contributed by atoms with Gasteiger partial charge in [0.15, 0.2) is 0 Å². The fourth-order valence-electron chi connectivity index (χ4n) is 1.75. The third-order valence-electron chi connectivity index (χ3n) is 3.66. The van der Waals surface area contributed by atoms with Crippen LogP contribution in [0.1, 0.15) is 57.0 Å². The highest BCUT2D eigenvalue weighted by Gasteiger charge is 2.23. The van der Waals surface area contributed by atoms with Crippen molar-refractivity contribution in [1.29, 1.82) is 0 Å². The minimum absolute atomic E-state index is 0.0599. The number of nitrogens with one attached hydrogen (secondary N) is 1. The van der Waals surface area contributed by atoms with E-state index in [2.05, 4.69) is 26.1 Å². The second-order valence-electron chi connectivity index (χ2n) is 6.40. The maximum Gasteiger partial charge on any atom is 0.251 e. The molecule has 0 radical (unpaired) electrons. The van der Waals surface area contributed by atoms with E-state index in [9.17, 15) is 4.79 Å². The minimum atomic E-state index is -0.334. The van der Waals surface area contributed by atoms with Gasteiger partial charge in [0.25, 0.3) is 5.91 Å². The van der Waals surface area contributed by atoms with E-state index in [-0.39, 0.29) is 16.9 Å². The molecule has 3 N–H and O–H groups in total. The highest BCUT2D eigenvalue weighted by atomic mass is 16.1. The molecule has 1 unspecified atom stereocenters. The van der Waals surface area contributed by atoms with Crippen molar-refractivity contribution in [2.75, 3.05) is 6.54 Å². The molecule has 0 aliphatic carbocycles. The summed E-state index contributed by atoms with van der Waals surface area (Å²) < 4.78 is 0. The highest BCUT2D eigenvalue weighted by Crippen LogP contribution is 2.22. The SMILES string of the molecule is CCC(C)(CN)NC(=O)c1ccc(C(C)(C)C)cc1. The molecule has 3 nitrogen and oxygen atoms in total. The van der Waals surface area contributed by atoms with E-state index in [4.69, 9.17) is 5.73 Å². The second-order valence-corrected chi connectivity index (χ2v) is 6.40. The number of rotatable bonds is 4. The van der Waals surface area contributed by atoms with Crippen molar-refractivity contribution in [3.05, 3.63) is 35.4 Å². The van der Waals surface area contributed by atoms with Gasteiger partial charge in [-0.05, 0) is 36.5 Å². The fraction of sp³-hybridized carbons (Fsp3) is 0.562. The summed E-state index contributed by atoms with van der Waals surface area (Å²) in [6.07, 6.45) is 0.815. The van der Waals surface area contributed by atoms with Crippen LogP contribution in [0.3, 0.4) is 0 Å². The highest BCUT2D eigenvalue weighted by molar-refractivity contribution is 5.94. The monoisotopic (exact) mass is 262 g/mol. The Morgan fingerprint density at radius 2 is 1.68 bits per heavy atom. The standard InChI is InChI=1S/C16H26N2O/c1-6-16(5,11-17)18-14(19)12-7-9-13(10-8-12)15(2,3)4/h7-10H,6,11,17H2,1-5H3,(H,18,19). The average molecular weight is 262 g/mol. The molecule has 0 aliphatic rings. The minimum Gasteiger partial charge on any atom is -0.346 e. The molecule has 0 saturated heterocycles. The van der Waals surface area contributed by atoms with E-state index in [0.717, 1.165) is 6.42 Å². The zero-order chi connectivity index (χ0) is 14.7. The summed E-state index contributed by atoms with van der Waals surface area (Å²) in [5, 5.41) is 3.00. The zero-order valence-electron chi connectivity index (χ0n) is 12.7. The van der Waals surface area contributed by atoms with Crippen molar-refractivity contribution < 1.29 is 4.79 Å². The maximum atomic E-state index is 12.2. The van der Waals surface area contributed by atoms with Crippen molar-refractivity contribution >= 4 is 5.91 Å². The molecule has 1 amide bonds. The molecule has 0 aliphatic heterocycles. The number of benzene rings is 1. The molecule has 1 atom stereocenters. The van der Waals surface area contributed by atoms with Gasteiger partial charge in [-0.25, -0.2) is 0 Å². The van der Waals surface area contributed by atoms with Crippen LogP contribution in [0, 0.1) is 0 Å². The maximum absolute atomic E-state index is 12.2. The van der Waals surface area contributed by atoms with Crippen LogP contribution in [0.25, 0.3) is 0 Å². The van der Waals surface area contributed by atoms with Crippen molar-refractivity contribution in [1.82, 2.24) is 5.32 Å². The molecule has 19 heavy (non-hydrogen) atoms. The molecule has 0 spiro atoms. The molecule has 0 aromatic heterocycles. The lowest BCUT2D eigenvalue weighted by Gasteiger charge is -2.28. The third kappa shape index (κ3) is 4.06. The molecular formula is C16H26N2O. The summed E-state index contributed by atoms with van der Waals surface area (Å²) in [4.78, 5) is 12.2. The summed E-state index contributed by atoms with van der Waals surface area (Å²) in [5.41, 5.74) is 7.38. The van der Waals surface area contributed by atoms with Gasteiger partial charge in [-0.2, -0.15) is 0 Å². The Morgan fingerprint density at radius 1 is 1.16 bits per heavy atom. The molecule has 1 aromatic carbocycles. The molecular weight excluding hydrogens is 236 g/mol. The second kappa shape index (κ2) is 5.74. The van der Waals surface area contributed by atoms with Gasteiger partial charge in [-0.3, -0.25) is 4.79 Å². The number of carbonyl (C=O) groups is 1. The van der Waals surface area contributed by atoms with E-state index < -0.39 is 0 Å². The van der Waals surface area contributed by atoms with Crippen LogP contribution in [-0.4, -0.2) is 18.0 Å². The Bertz CT molecular complexity index is 425. The van der Waals surface area contributed by atoms with E-state index in [1.807, 2.05) is 38.1 Å². The molecule has 0 heterocycles. The normalized spacial score (nSPS) is 14.8. The molecule has 0 fully saturated rings. The number of amides is 1. The smallest absolute Gasteiger partial charge is 0.251 e. The Hall–Kier alpha value is -1.35. The third-order valence-corrected chi connectivity index (χ3v) is 3.66. The van der Waals surface area contributed by atoms with E-state index in [1.54, 1.807) is 0 Å². The first-order valence-electron chi connectivity index (χ1n) is 6.85. The molecule has 3 heteroatoms. The van der Waals surface area contributed by atoms with Crippen molar-refractivity contribution in [3.63, 3.8) is 0 Å². The Labute approximate surface area is 116 Å². The zero-order valence-corrected chi connectivity index (χ0v) is 12.7. The van der Waals surface area contributed by atoms with Gasteiger partial charge >= 0.3 is 0 Å². The predicted octanol–water partition coefficient (Wildman–Crippen LogP) is 2.84. The quantitative estimate of drug-likeness (QED) is 0.876. The lowest BCUT2D eigenvalue weighted by Crippen LogP contribution is -2.50. The molecule has 0 saturated carbocycles. The summed E-state index contributed by atoms with van der Waals surface area (Å²) in [5.74, 6) is -0.0599. The van der Waals surface area contributed by atoms with Crippen LogP contribution in [0.2, 0.25) is 0 Å². The van der Waals surface area contributed by atoms with Crippen LogP contribution >= 0.6 is 0 Å². The number of hydrogen-bond donors (Lipinski definition) is 2. The van der Waals surface area contributed by atoms with Crippen molar-refractivity contribution in [2.45, 2.75) is 52.0 Å². The van der Waals surface area contributed by atoms with Gasteiger partial charge in [0, 0.05) is 17.6 Å². The van der Waals surface area contributed by atoms with Gasteiger partial charge in [0.1, 0.15) is 0 Å². The number of carbonyl (C=O) groups excluding carboxylic acids is 1. The fourth-order valence-corrected chi connectivity index (χ4v) is 1.75. The first-order chi connectivity index (χ1) is 8.72. The van der Waals surface area contributed by atoms with E-state index in [0.29, 0.717) is 12.1 Å². The van der Waals surface area contributed by atoms with Gasteiger partial charge in [-0.15, -0.1) is 0 Å². The summed E-state index contributed by atoms with van der Waals surface area (Å²) in [6, 6.07) is 7.78. The predicted molar refractivity (Wildman–Crippen MR) is 80.4 cm³/mol. The first kappa shape index (κ1) is 15.7. The molecule has 0 bridgehead atoms. The number of nitrogens with two attached hydrogens (primary N) is 1. The van der Waals surface area contributed by atoms with Crippen LogP contribution in [0.15, 0.2) is 24.3 Å². The largest absolute Gasteiger partial charge is 0.346 e. The lowest BCUT2D eigenvalue weighted by atomic mass is 9.86. The Morgan fingerprint density at radius 3 is 2.05 bits per heavy atom. The lowest BCUT2D eigenvalue weighted by molar-refractivity contribution is 0.0906. The van der Waals surface area contributed by atoms with Gasteiger partial charge in [0.05, 0.1) is 0 Å². The topological polar surface area (TPSA) is 55.1 Å². The van der Waals surface area contributed by atoms with Crippen LogP contribution in [0.4, 0.5) is 0 Å². The van der Waals surface area contributed by atoms with E-state index in [1.165, 1.54) is 5.56 Å². The van der Waals surface area contributed by atoms with Gasteiger partial charge in [0.2, 0.25) is 0 Å². The van der Waals surface area contributed by atoms with Crippen LogP contribution < -0.4 is 11.1 Å². The van der Waals surface area contributed by atoms with E-state index >= 15 is 0 Å². The van der Waals surface area contributed by atoms with Crippen molar-refractivity contribution in [3.8, 4) is 0 Å². The average Bonchev–Trinajstić information content (AvgIpc) is 2.37. The molecule has 1 rings (SSSR count). The van der Waals surface area contributed by atoms with Crippen molar-refractivity contribution in [2.24, 2.45) is 5.73 Å². The Kier molecular flexibility index (Phi) is 4.75. The summed E-state index contributed by atoms with van der Waals surface area (Å²) >= 11 is 0. The number of hydrogen-bond acceptors (Lipinski definition) is 2. The van der Waals surface area contributed by atoms with Crippen LogP contribution in [-0.2, 0) is 5.41 Å².